The summed E-state index contributed by atoms with van der Waals surface area (Å²) in [4.78, 5) is 50.6. The van der Waals surface area contributed by atoms with Crippen LogP contribution in [0.1, 0.15) is 46.4 Å². The van der Waals surface area contributed by atoms with Crippen molar-refractivity contribution in [1.29, 1.82) is 0 Å². The number of piperidine rings is 1. The summed E-state index contributed by atoms with van der Waals surface area (Å²) < 4.78 is 0. The number of hydrogen-bond donors (Lipinski definition) is 1. The summed E-state index contributed by atoms with van der Waals surface area (Å²) in [5.74, 6) is -2.14. The minimum absolute atomic E-state index is 0.123. The molecule has 0 radical (unpaired) electrons. The number of hydrogen-bond acceptors (Lipinski definition) is 4. The standard InChI is InChI=1S/C18H20N2O5/c21-15(19-9-3-5-12(11-19)18(24)25)8-4-10-20-16(22)13-6-1-2-7-14(13)17(20)23/h1-2,6-7,12H,3-5,8-11H2,(H,24,25). The third-order valence-corrected chi connectivity index (χ3v) is 4.77. The van der Waals surface area contributed by atoms with E-state index in [9.17, 15) is 19.2 Å². The maximum Gasteiger partial charge on any atom is 0.308 e. The van der Waals surface area contributed by atoms with Gasteiger partial charge in [0.2, 0.25) is 5.91 Å². The number of rotatable bonds is 5. The number of likely N-dealkylation sites (tertiary alicyclic amines) is 1. The van der Waals surface area contributed by atoms with Crippen molar-refractivity contribution >= 4 is 23.7 Å². The van der Waals surface area contributed by atoms with Gasteiger partial charge in [0.1, 0.15) is 0 Å². The van der Waals surface area contributed by atoms with Crippen molar-refractivity contribution in [1.82, 2.24) is 9.80 Å². The molecule has 0 aromatic heterocycles. The third kappa shape index (κ3) is 3.40. The van der Waals surface area contributed by atoms with E-state index < -0.39 is 11.9 Å². The second-order valence-electron chi connectivity index (χ2n) is 6.43. The topological polar surface area (TPSA) is 95.0 Å². The summed E-state index contributed by atoms with van der Waals surface area (Å²) in [7, 11) is 0. The van der Waals surface area contributed by atoms with Gasteiger partial charge >= 0.3 is 5.97 Å². The Labute approximate surface area is 145 Å². The second kappa shape index (κ2) is 7.04. The van der Waals surface area contributed by atoms with Gasteiger partial charge in [-0.15, -0.1) is 0 Å². The van der Waals surface area contributed by atoms with Gasteiger partial charge in [-0.25, -0.2) is 0 Å². The molecule has 3 rings (SSSR count). The van der Waals surface area contributed by atoms with Crippen LogP contribution in [0.15, 0.2) is 24.3 Å². The number of carbonyl (C=O) groups is 4. The zero-order valence-corrected chi connectivity index (χ0v) is 13.8. The molecule has 0 aliphatic carbocycles. The fraction of sp³-hybridized carbons (Fsp3) is 0.444. The molecule has 2 aliphatic heterocycles. The Morgan fingerprint density at radius 2 is 1.76 bits per heavy atom. The van der Waals surface area contributed by atoms with Gasteiger partial charge in [-0.05, 0) is 31.4 Å². The van der Waals surface area contributed by atoms with E-state index in [1.54, 1.807) is 29.2 Å². The zero-order chi connectivity index (χ0) is 18.0. The van der Waals surface area contributed by atoms with E-state index in [0.29, 0.717) is 36.9 Å². The summed E-state index contributed by atoms with van der Waals surface area (Å²) in [6, 6.07) is 6.68. The molecule has 1 aromatic carbocycles. The fourth-order valence-electron chi connectivity index (χ4n) is 3.39. The zero-order valence-electron chi connectivity index (χ0n) is 13.8. The Morgan fingerprint density at radius 1 is 1.12 bits per heavy atom. The van der Waals surface area contributed by atoms with Crippen LogP contribution < -0.4 is 0 Å². The molecule has 1 N–H and O–H groups in total. The normalized spacial score (nSPS) is 19.9. The number of benzene rings is 1. The first-order valence-corrected chi connectivity index (χ1v) is 8.45. The summed E-state index contributed by atoms with van der Waals surface area (Å²) in [6.07, 6.45) is 1.84. The monoisotopic (exact) mass is 344 g/mol. The molecule has 1 fully saturated rings. The average molecular weight is 344 g/mol. The quantitative estimate of drug-likeness (QED) is 0.815. The molecule has 25 heavy (non-hydrogen) atoms. The smallest absolute Gasteiger partial charge is 0.308 e. The van der Waals surface area contributed by atoms with Crippen LogP contribution in [0.5, 0.6) is 0 Å². The highest BCUT2D eigenvalue weighted by Crippen LogP contribution is 2.23. The molecular formula is C18H20N2O5. The maximum absolute atomic E-state index is 12.3. The molecule has 3 amide bonds. The Hall–Kier alpha value is -2.70. The van der Waals surface area contributed by atoms with Gasteiger partial charge in [0, 0.05) is 26.1 Å². The largest absolute Gasteiger partial charge is 0.481 e. The van der Waals surface area contributed by atoms with Crippen molar-refractivity contribution < 1.29 is 24.3 Å². The minimum atomic E-state index is -0.872. The van der Waals surface area contributed by atoms with E-state index in [-0.39, 0.29) is 37.2 Å². The molecule has 7 nitrogen and oxygen atoms in total. The Balaban J connectivity index is 1.52. The Kier molecular flexibility index (Phi) is 4.83. The number of nitrogens with zero attached hydrogens (tertiary/aromatic N) is 2. The van der Waals surface area contributed by atoms with Gasteiger partial charge in [-0.2, -0.15) is 0 Å². The van der Waals surface area contributed by atoms with Gasteiger partial charge in [-0.1, -0.05) is 12.1 Å². The van der Waals surface area contributed by atoms with Crippen molar-refractivity contribution in [2.45, 2.75) is 25.7 Å². The molecule has 1 atom stereocenters. The summed E-state index contributed by atoms with van der Waals surface area (Å²) in [6.45, 7) is 0.991. The minimum Gasteiger partial charge on any atom is -0.481 e. The number of fused-ring (bicyclic) bond motifs is 1. The second-order valence-corrected chi connectivity index (χ2v) is 6.43. The molecule has 0 bridgehead atoms. The van der Waals surface area contributed by atoms with Crippen molar-refractivity contribution in [2.75, 3.05) is 19.6 Å². The molecular weight excluding hydrogens is 324 g/mol. The molecule has 1 saturated heterocycles. The predicted molar refractivity (Wildman–Crippen MR) is 88.0 cm³/mol. The lowest BCUT2D eigenvalue weighted by Crippen LogP contribution is -2.42. The number of imide groups is 1. The van der Waals surface area contributed by atoms with Crippen molar-refractivity contribution in [3.63, 3.8) is 0 Å². The highest BCUT2D eigenvalue weighted by atomic mass is 16.4. The van der Waals surface area contributed by atoms with Crippen LogP contribution in [0.25, 0.3) is 0 Å². The molecule has 0 saturated carbocycles. The first kappa shape index (κ1) is 17.1. The van der Waals surface area contributed by atoms with Crippen molar-refractivity contribution in [2.24, 2.45) is 5.92 Å². The molecule has 132 valence electrons. The lowest BCUT2D eigenvalue weighted by Gasteiger charge is -2.30. The first-order chi connectivity index (χ1) is 12.0. The van der Waals surface area contributed by atoms with E-state index in [0.717, 1.165) is 0 Å². The van der Waals surface area contributed by atoms with Gasteiger partial charge in [0.05, 0.1) is 17.0 Å². The van der Waals surface area contributed by atoms with Gasteiger partial charge in [-0.3, -0.25) is 24.1 Å². The third-order valence-electron chi connectivity index (χ3n) is 4.77. The average Bonchev–Trinajstić information content (AvgIpc) is 2.87. The molecule has 2 aliphatic rings. The first-order valence-electron chi connectivity index (χ1n) is 8.45. The summed E-state index contributed by atoms with van der Waals surface area (Å²) >= 11 is 0. The van der Waals surface area contributed by atoms with Crippen molar-refractivity contribution in [3.8, 4) is 0 Å². The fourth-order valence-corrected chi connectivity index (χ4v) is 3.39. The van der Waals surface area contributed by atoms with E-state index >= 15 is 0 Å². The summed E-state index contributed by atoms with van der Waals surface area (Å²) in [5, 5.41) is 9.08. The predicted octanol–water partition coefficient (Wildman–Crippen LogP) is 1.39. The number of carbonyl (C=O) groups excluding carboxylic acids is 3. The van der Waals surface area contributed by atoms with Crippen LogP contribution in [-0.4, -0.2) is 58.2 Å². The van der Waals surface area contributed by atoms with Crippen LogP contribution in [-0.2, 0) is 9.59 Å². The molecule has 0 spiro atoms. The number of aliphatic carboxylic acids is 1. The van der Waals surface area contributed by atoms with Gasteiger partial charge in [0.25, 0.3) is 11.8 Å². The van der Waals surface area contributed by atoms with Crippen molar-refractivity contribution in [3.05, 3.63) is 35.4 Å². The van der Waals surface area contributed by atoms with E-state index in [1.165, 1.54) is 4.90 Å². The van der Waals surface area contributed by atoms with E-state index in [1.807, 2.05) is 0 Å². The van der Waals surface area contributed by atoms with Gasteiger partial charge in [0.15, 0.2) is 0 Å². The van der Waals surface area contributed by atoms with Crippen LogP contribution in [0.3, 0.4) is 0 Å². The molecule has 7 heteroatoms. The van der Waals surface area contributed by atoms with Crippen LogP contribution in [0, 0.1) is 5.92 Å². The van der Waals surface area contributed by atoms with Gasteiger partial charge < -0.3 is 10.0 Å². The number of carboxylic acid groups (broad SMARTS) is 1. The number of carboxylic acids is 1. The van der Waals surface area contributed by atoms with E-state index in [2.05, 4.69) is 0 Å². The molecule has 1 unspecified atom stereocenters. The van der Waals surface area contributed by atoms with Crippen LogP contribution >= 0.6 is 0 Å². The lowest BCUT2D eigenvalue weighted by molar-refractivity contribution is -0.145. The Bertz CT molecular complexity index is 695. The SMILES string of the molecule is O=C(O)C1CCCN(C(=O)CCCN2C(=O)c3ccccc3C2=O)C1. The highest BCUT2D eigenvalue weighted by Gasteiger charge is 2.35. The van der Waals surface area contributed by atoms with Crippen LogP contribution in [0.4, 0.5) is 0 Å². The molecule has 2 heterocycles. The number of amides is 3. The van der Waals surface area contributed by atoms with Crippen LogP contribution in [0.2, 0.25) is 0 Å². The molecule has 1 aromatic rings. The maximum atomic E-state index is 12.3. The summed E-state index contributed by atoms with van der Waals surface area (Å²) in [5.41, 5.74) is 0.804. The van der Waals surface area contributed by atoms with E-state index in [4.69, 9.17) is 5.11 Å². The highest BCUT2D eigenvalue weighted by molar-refractivity contribution is 6.21. The Morgan fingerprint density at radius 3 is 2.36 bits per heavy atom. The lowest BCUT2D eigenvalue weighted by atomic mass is 9.98.